The van der Waals surface area contributed by atoms with Gasteiger partial charge in [0.15, 0.2) is 5.78 Å². The first-order valence-electron chi connectivity index (χ1n) is 13.1. The molecule has 0 radical (unpaired) electrons. The molecule has 0 unspecified atom stereocenters. The Morgan fingerprint density at radius 2 is 1.90 bits per heavy atom. The van der Waals surface area contributed by atoms with Crippen molar-refractivity contribution in [3.8, 4) is 0 Å². The van der Waals surface area contributed by atoms with Gasteiger partial charge in [0.05, 0.1) is 23.5 Å². The number of hydrogen-bond donors (Lipinski definition) is 1. The molecule has 4 aromatic rings. The Morgan fingerprint density at radius 3 is 2.61 bits per heavy atom. The predicted molar refractivity (Wildman–Crippen MR) is 154 cm³/mol. The Bertz CT molecular complexity index is 1710. The van der Waals surface area contributed by atoms with Crippen molar-refractivity contribution in [1.82, 2.24) is 19.7 Å². The lowest BCUT2D eigenvalue weighted by atomic mass is 10.1. The lowest BCUT2D eigenvalue weighted by molar-refractivity contribution is 0.0694. The Hall–Kier alpha value is -3.55. The summed E-state index contributed by atoms with van der Waals surface area (Å²) in [5.74, 6) is -1.28. The highest BCUT2D eigenvalue weighted by Crippen LogP contribution is 2.38. The van der Waals surface area contributed by atoms with Gasteiger partial charge < -0.3 is 19.0 Å². The zero-order valence-corrected chi connectivity index (χ0v) is 24.2. The number of piperazine rings is 1. The largest absolute Gasteiger partial charge is 0.477 e. The van der Waals surface area contributed by atoms with Crippen molar-refractivity contribution in [3.05, 3.63) is 80.1 Å². The Kier molecular flexibility index (Phi) is 7.66. The first-order chi connectivity index (χ1) is 19.8. The second-order valence-electron chi connectivity index (χ2n) is 10.1. The predicted octanol–water partition coefficient (Wildman–Crippen LogP) is 4.62. The molecule has 3 heterocycles. The number of hydrogen-bond acceptors (Lipinski definition) is 9. The highest BCUT2D eigenvalue weighted by atomic mass is 79.9. The number of aromatic carboxylic acids is 1. The molecule has 0 spiro atoms. The minimum absolute atomic E-state index is 0.0375. The van der Waals surface area contributed by atoms with E-state index in [1.54, 1.807) is 22.8 Å². The number of thioether (sulfide) groups is 1. The zero-order valence-electron chi connectivity index (χ0n) is 21.8. The van der Waals surface area contributed by atoms with Gasteiger partial charge in [-0.15, -0.1) is 10.2 Å². The summed E-state index contributed by atoms with van der Waals surface area (Å²) in [6, 6.07) is 10.2. The van der Waals surface area contributed by atoms with Crippen LogP contribution in [0.5, 0.6) is 0 Å². The number of carbonyl (C=O) groups excluding carboxylic acids is 1. The molecule has 2 aliphatic rings. The molecule has 212 valence electrons. The minimum Gasteiger partial charge on any atom is -0.477 e. The number of carboxylic acids is 1. The summed E-state index contributed by atoms with van der Waals surface area (Å²) in [7, 11) is 0. The molecule has 2 aromatic carbocycles. The molecule has 0 atom stereocenters. The Balaban J connectivity index is 1.09. The number of Topliss-reactive ketones (excluding diaryl/α,β-unsaturated/α-hetero) is 1. The van der Waals surface area contributed by atoms with Crippen molar-refractivity contribution in [2.45, 2.75) is 30.7 Å². The van der Waals surface area contributed by atoms with Crippen LogP contribution in [0.3, 0.4) is 0 Å². The average Bonchev–Trinajstić information content (AvgIpc) is 3.71. The molecule has 2 aromatic heterocycles. The van der Waals surface area contributed by atoms with Crippen LogP contribution in [0.15, 0.2) is 61.5 Å². The number of aromatic nitrogens is 3. The summed E-state index contributed by atoms with van der Waals surface area (Å²) in [6.45, 7) is 2.76. The van der Waals surface area contributed by atoms with Gasteiger partial charge in [0.25, 0.3) is 5.22 Å². The van der Waals surface area contributed by atoms with Crippen LogP contribution >= 0.6 is 27.7 Å². The molecule has 0 amide bonds. The second kappa shape index (κ2) is 11.4. The Morgan fingerprint density at radius 1 is 1.12 bits per heavy atom. The fourth-order valence-electron chi connectivity index (χ4n) is 4.98. The third-order valence-electron chi connectivity index (χ3n) is 7.26. The van der Waals surface area contributed by atoms with Gasteiger partial charge in [0.2, 0.25) is 11.3 Å². The van der Waals surface area contributed by atoms with Crippen LogP contribution in [0.1, 0.15) is 45.5 Å². The monoisotopic (exact) mass is 641 g/mol. The number of carboxylic acid groups (broad SMARTS) is 1. The van der Waals surface area contributed by atoms with E-state index in [9.17, 15) is 19.5 Å². The van der Waals surface area contributed by atoms with E-state index in [1.165, 1.54) is 24.0 Å². The highest BCUT2D eigenvalue weighted by molar-refractivity contribution is 9.10. The van der Waals surface area contributed by atoms with E-state index in [4.69, 9.17) is 4.42 Å². The maximum absolute atomic E-state index is 15.3. The van der Waals surface area contributed by atoms with Crippen LogP contribution in [0.25, 0.3) is 10.9 Å². The maximum Gasteiger partial charge on any atom is 0.341 e. The Labute approximate surface area is 246 Å². The van der Waals surface area contributed by atoms with Gasteiger partial charge in [-0.3, -0.25) is 14.5 Å². The second-order valence-corrected chi connectivity index (χ2v) is 11.9. The number of halogens is 2. The van der Waals surface area contributed by atoms with E-state index in [0.29, 0.717) is 60.6 Å². The standard InChI is InChI=1S/C28H25BrFN5O5S/c29-17-3-1-2-16(10-17)24(36)15-41-28-32-31-25(40-28)14-33-6-8-34(9-7-33)23-12-22-19(11-21(23)30)26(37)20(27(38)39)13-35(22)18-4-5-18/h1-3,10-13,18H,4-9,14-15H2,(H,38,39). The molecule has 1 saturated heterocycles. The van der Waals surface area contributed by atoms with E-state index in [1.807, 2.05) is 17.0 Å². The summed E-state index contributed by atoms with van der Waals surface area (Å²) < 4.78 is 23.6. The number of benzene rings is 2. The van der Waals surface area contributed by atoms with E-state index < -0.39 is 17.2 Å². The fraction of sp³-hybridized carbons (Fsp3) is 0.321. The van der Waals surface area contributed by atoms with Crippen molar-refractivity contribution >= 4 is 56.0 Å². The zero-order chi connectivity index (χ0) is 28.7. The number of nitrogens with zero attached hydrogens (tertiary/aromatic N) is 5. The molecule has 13 heteroatoms. The molecule has 1 aliphatic heterocycles. The molecular formula is C28H25BrFN5O5S. The third kappa shape index (κ3) is 5.92. The quantitative estimate of drug-likeness (QED) is 0.205. The van der Waals surface area contributed by atoms with Crippen LogP contribution < -0.4 is 10.3 Å². The third-order valence-corrected chi connectivity index (χ3v) is 8.58. The molecule has 10 nitrogen and oxygen atoms in total. The lowest BCUT2D eigenvalue weighted by Gasteiger charge is -2.35. The first kappa shape index (κ1) is 27.6. The molecule has 2 fully saturated rings. The van der Waals surface area contributed by atoms with Crippen molar-refractivity contribution in [1.29, 1.82) is 0 Å². The van der Waals surface area contributed by atoms with Gasteiger partial charge in [-0.1, -0.05) is 39.8 Å². The molecule has 6 rings (SSSR count). The average molecular weight is 643 g/mol. The molecule has 1 saturated carbocycles. The van der Waals surface area contributed by atoms with Crippen LogP contribution in [-0.4, -0.2) is 68.5 Å². The molecule has 0 bridgehead atoms. The summed E-state index contributed by atoms with van der Waals surface area (Å²) in [5, 5.41) is 18.0. The number of fused-ring (bicyclic) bond motifs is 1. The lowest BCUT2D eigenvalue weighted by Crippen LogP contribution is -2.46. The highest BCUT2D eigenvalue weighted by Gasteiger charge is 2.29. The van der Waals surface area contributed by atoms with Gasteiger partial charge in [0, 0.05) is 53.8 Å². The summed E-state index contributed by atoms with van der Waals surface area (Å²) in [6.07, 6.45) is 3.16. The summed E-state index contributed by atoms with van der Waals surface area (Å²) in [5.41, 5.74) is 0.530. The number of rotatable bonds is 9. The van der Waals surface area contributed by atoms with Crippen molar-refractivity contribution in [3.63, 3.8) is 0 Å². The molecule has 41 heavy (non-hydrogen) atoms. The van der Waals surface area contributed by atoms with Gasteiger partial charge in [-0.05, 0) is 37.1 Å². The molecule has 1 N–H and O–H groups in total. The fourth-order valence-corrected chi connectivity index (χ4v) is 6.05. The number of anilines is 1. The van der Waals surface area contributed by atoms with E-state index in [-0.39, 0.29) is 28.5 Å². The summed E-state index contributed by atoms with van der Waals surface area (Å²) in [4.78, 5) is 40.8. The SMILES string of the molecule is O=C(CSc1nnc(CN2CCN(c3cc4c(cc3F)c(=O)c(C(=O)O)cn4C3CC3)CC2)o1)c1cccc(Br)c1. The smallest absolute Gasteiger partial charge is 0.341 e. The number of ketones is 1. The van der Waals surface area contributed by atoms with E-state index in [2.05, 4.69) is 31.0 Å². The van der Waals surface area contributed by atoms with Crippen LogP contribution in [0.4, 0.5) is 10.1 Å². The van der Waals surface area contributed by atoms with Crippen molar-refractivity contribution < 1.29 is 23.5 Å². The first-order valence-corrected chi connectivity index (χ1v) is 14.9. The topological polar surface area (TPSA) is 122 Å². The van der Waals surface area contributed by atoms with Gasteiger partial charge in [-0.2, -0.15) is 0 Å². The normalized spacial score (nSPS) is 15.9. The number of pyridine rings is 1. The van der Waals surface area contributed by atoms with Gasteiger partial charge in [-0.25, -0.2) is 9.18 Å². The van der Waals surface area contributed by atoms with Gasteiger partial charge >= 0.3 is 5.97 Å². The van der Waals surface area contributed by atoms with E-state index in [0.717, 1.165) is 17.3 Å². The van der Waals surface area contributed by atoms with Gasteiger partial charge in [0.1, 0.15) is 11.4 Å². The van der Waals surface area contributed by atoms with Crippen molar-refractivity contribution in [2.24, 2.45) is 0 Å². The summed E-state index contributed by atoms with van der Waals surface area (Å²) >= 11 is 4.56. The number of carbonyl (C=O) groups is 2. The van der Waals surface area contributed by atoms with Crippen LogP contribution in [0.2, 0.25) is 0 Å². The maximum atomic E-state index is 15.3. The minimum atomic E-state index is -1.31. The van der Waals surface area contributed by atoms with Crippen LogP contribution in [0, 0.1) is 5.82 Å². The van der Waals surface area contributed by atoms with Crippen LogP contribution in [-0.2, 0) is 6.54 Å². The molecular weight excluding hydrogens is 617 g/mol. The molecule has 1 aliphatic carbocycles. The van der Waals surface area contributed by atoms with Crippen molar-refractivity contribution in [2.75, 3.05) is 36.8 Å². The van der Waals surface area contributed by atoms with E-state index >= 15 is 4.39 Å².